The molecule has 0 aromatic heterocycles. The number of halogens is 1. The van der Waals surface area contributed by atoms with Gasteiger partial charge in [0.2, 0.25) is 5.91 Å². The van der Waals surface area contributed by atoms with Crippen molar-refractivity contribution in [3.63, 3.8) is 0 Å². The number of nitrogens with one attached hydrogen (secondary N) is 1. The van der Waals surface area contributed by atoms with Gasteiger partial charge >= 0.3 is 5.97 Å². The van der Waals surface area contributed by atoms with Gasteiger partial charge < -0.3 is 15.0 Å². The first-order chi connectivity index (χ1) is 13.0. The third kappa shape index (κ3) is 8.67. The highest BCUT2D eigenvalue weighted by Gasteiger charge is 2.16. The number of nitrogens with zero attached hydrogens (tertiary/aromatic N) is 1. The van der Waals surface area contributed by atoms with E-state index in [2.05, 4.69) is 5.32 Å². The van der Waals surface area contributed by atoms with Crippen molar-refractivity contribution in [1.82, 2.24) is 4.90 Å². The normalized spacial score (nSPS) is 14.8. The maximum absolute atomic E-state index is 12.1. The Labute approximate surface area is 169 Å². The number of thioether (sulfide) groups is 1. The number of ether oxygens (including phenoxy) is 1. The number of benzene rings is 1. The van der Waals surface area contributed by atoms with Crippen LogP contribution in [0.2, 0.25) is 5.02 Å². The summed E-state index contributed by atoms with van der Waals surface area (Å²) in [5, 5.41) is 3.31. The summed E-state index contributed by atoms with van der Waals surface area (Å²) in [7, 11) is 0. The molecule has 2 amide bonds. The molecule has 1 aliphatic rings. The number of carbonyl (C=O) groups is 3. The molecule has 0 bridgehead atoms. The van der Waals surface area contributed by atoms with E-state index in [1.807, 2.05) is 0 Å². The van der Waals surface area contributed by atoms with Crippen molar-refractivity contribution in [2.24, 2.45) is 0 Å². The summed E-state index contributed by atoms with van der Waals surface area (Å²) in [6.45, 7) is 1.24. The van der Waals surface area contributed by atoms with E-state index < -0.39 is 5.97 Å². The van der Waals surface area contributed by atoms with Gasteiger partial charge in [-0.05, 0) is 37.1 Å². The maximum Gasteiger partial charge on any atom is 0.316 e. The Hall–Kier alpha value is -1.73. The molecule has 0 atom stereocenters. The largest absolute Gasteiger partial charge is 0.455 e. The Morgan fingerprint density at radius 3 is 2.30 bits per heavy atom. The fourth-order valence-electron chi connectivity index (χ4n) is 2.73. The summed E-state index contributed by atoms with van der Waals surface area (Å²) in [5.41, 5.74) is 0.645. The fraction of sp³-hybridized carbons (Fsp3) is 0.526. The monoisotopic (exact) mass is 412 g/mol. The van der Waals surface area contributed by atoms with E-state index >= 15 is 0 Å². The van der Waals surface area contributed by atoms with Crippen molar-refractivity contribution in [3.8, 4) is 0 Å². The molecule has 1 aliphatic heterocycles. The van der Waals surface area contributed by atoms with Gasteiger partial charge in [-0.2, -0.15) is 0 Å². The number of anilines is 1. The molecular weight excluding hydrogens is 388 g/mol. The predicted octanol–water partition coefficient (Wildman–Crippen LogP) is 3.35. The Bertz CT molecular complexity index is 631. The van der Waals surface area contributed by atoms with Crippen LogP contribution >= 0.6 is 23.4 Å². The summed E-state index contributed by atoms with van der Waals surface area (Å²) in [5.74, 6) is -0.693. The lowest BCUT2D eigenvalue weighted by atomic mass is 10.1. The van der Waals surface area contributed by atoms with Crippen molar-refractivity contribution < 1.29 is 19.1 Å². The Balaban J connectivity index is 1.60. The van der Waals surface area contributed by atoms with Gasteiger partial charge in [-0.3, -0.25) is 14.4 Å². The molecule has 0 aliphatic carbocycles. The van der Waals surface area contributed by atoms with Crippen LogP contribution in [0.3, 0.4) is 0 Å². The van der Waals surface area contributed by atoms with Crippen molar-refractivity contribution in [2.45, 2.75) is 32.1 Å². The SMILES string of the molecule is O=C(CSCC(=O)OCC(=O)N1CCCCCCC1)Nc1ccc(Cl)cc1. The molecule has 0 unspecified atom stereocenters. The number of rotatable bonds is 7. The molecular formula is C19H25ClN2O4S. The summed E-state index contributed by atoms with van der Waals surface area (Å²) in [6, 6.07) is 6.78. The third-order valence-corrected chi connectivity index (χ3v) is 5.30. The molecule has 6 nitrogen and oxygen atoms in total. The molecule has 1 saturated heterocycles. The minimum absolute atomic E-state index is 0.0291. The van der Waals surface area contributed by atoms with Gasteiger partial charge in [-0.25, -0.2) is 0 Å². The highest BCUT2D eigenvalue weighted by Crippen LogP contribution is 2.14. The Morgan fingerprint density at radius 1 is 1.00 bits per heavy atom. The molecule has 1 N–H and O–H groups in total. The van der Waals surface area contributed by atoms with Gasteiger partial charge in [0.25, 0.3) is 5.91 Å². The number of amides is 2. The lowest BCUT2D eigenvalue weighted by molar-refractivity contribution is -0.150. The van der Waals surface area contributed by atoms with Crippen molar-refractivity contribution in [3.05, 3.63) is 29.3 Å². The fourth-order valence-corrected chi connectivity index (χ4v) is 3.47. The van der Waals surface area contributed by atoms with Crippen LogP contribution in [0.4, 0.5) is 5.69 Å². The van der Waals surface area contributed by atoms with Crippen LogP contribution in [0.25, 0.3) is 0 Å². The molecule has 148 valence electrons. The van der Waals surface area contributed by atoms with Crippen molar-refractivity contribution in [1.29, 1.82) is 0 Å². The van der Waals surface area contributed by atoms with Gasteiger partial charge in [0, 0.05) is 23.8 Å². The molecule has 1 heterocycles. The Morgan fingerprint density at radius 2 is 1.63 bits per heavy atom. The summed E-state index contributed by atoms with van der Waals surface area (Å²) < 4.78 is 5.05. The van der Waals surface area contributed by atoms with E-state index in [0.717, 1.165) is 50.5 Å². The molecule has 8 heteroatoms. The quantitative estimate of drug-likeness (QED) is 0.695. The molecule has 1 fully saturated rings. The van der Waals surface area contributed by atoms with E-state index in [9.17, 15) is 14.4 Å². The topological polar surface area (TPSA) is 75.7 Å². The molecule has 1 aromatic carbocycles. The molecule has 0 radical (unpaired) electrons. The molecule has 2 rings (SSSR count). The first kappa shape index (κ1) is 21.6. The van der Waals surface area contributed by atoms with Crippen LogP contribution in [0.15, 0.2) is 24.3 Å². The van der Waals surface area contributed by atoms with E-state index in [-0.39, 0.29) is 29.9 Å². The second-order valence-corrected chi connectivity index (χ2v) is 7.78. The lowest BCUT2D eigenvalue weighted by Crippen LogP contribution is -2.37. The zero-order chi connectivity index (χ0) is 19.5. The van der Waals surface area contributed by atoms with Crippen LogP contribution in [-0.4, -0.2) is 53.9 Å². The smallest absolute Gasteiger partial charge is 0.316 e. The highest BCUT2D eigenvalue weighted by molar-refractivity contribution is 8.00. The van der Waals surface area contributed by atoms with E-state index in [0.29, 0.717) is 10.7 Å². The molecule has 27 heavy (non-hydrogen) atoms. The maximum atomic E-state index is 12.1. The summed E-state index contributed by atoms with van der Waals surface area (Å²) >= 11 is 6.94. The number of hydrogen-bond donors (Lipinski definition) is 1. The second kappa shape index (κ2) is 11.9. The summed E-state index contributed by atoms with van der Waals surface area (Å²) in [4.78, 5) is 37.5. The zero-order valence-corrected chi connectivity index (χ0v) is 16.8. The van der Waals surface area contributed by atoms with Gasteiger partial charge in [0.15, 0.2) is 6.61 Å². The van der Waals surface area contributed by atoms with Crippen LogP contribution in [0, 0.1) is 0 Å². The third-order valence-electron chi connectivity index (χ3n) is 4.15. The standard InChI is InChI=1S/C19H25ClN2O4S/c20-15-6-8-16(9-7-15)21-17(23)13-27-14-19(25)26-12-18(24)22-10-4-2-1-3-5-11-22/h6-9H,1-5,10-14H2,(H,21,23). The first-order valence-electron chi connectivity index (χ1n) is 9.11. The number of likely N-dealkylation sites (tertiary alicyclic amines) is 1. The van der Waals surface area contributed by atoms with Crippen LogP contribution in [0.5, 0.6) is 0 Å². The Kier molecular flexibility index (Phi) is 9.48. The minimum atomic E-state index is -0.486. The van der Waals surface area contributed by atoms with Gasteiger partial charge in [0.1, 0.15) is 0 Å². The molecule has 0 saturated carbocycles. The van der Waals surface area contributed by atoms with E-state index in [1.165, 1.54) is 6.42 Å². The highest BCUT2D eigenvalue weighted by atomic mass is 35.5. The minimum Gasteiger partial charge on any atom is -0.455 e. The number of hydrogen-bond acceptors (Lipinski definition) is 5. The average molecular weight is 413 g/mol. The summed E-state index contributed by atoms with van der Waals surface area (Å²) in [6.07, 6.45) is 5.49. The van der Waals surface area contributed by atoms with Gasteiger partial charge in [-0.15, -0.1) is 11.8 Å². The van der Waals surface area contributed by atoms with Crippen LogP contribution in [-0.2, 0) is 19.1 Å². The molecule has 0 spiro atoms. The number of esters is 1. The molecule has 1 aromatic rings. The zero-order valence-electron chi connectivity index (χ0n) is 15.2. The number of carbonyl (C=O) groups excluding carboxylic acids is 3. The lowest BCUT2D eigenvalue weighted by Gasteiger charge is -2.24. The average Bonchev–Trinajstić information content (AvgIpc) is 2.61. The van der Waals surface area contributed by atoms with Gasteiger partial charge in [0.05, 0.1) is 11.5 Å². The second-order valence-electron chi connectivity index (χ2n) is 6.36. The predicted molar refractivity (Wildman–Crippen MR) is 108 cm³/mol. The van der Waals surface area contributed by atoms with E-state index in [4.69, 9.17) is 16.3 Å². The van der Waals surface area contributed by atoms with Gasteiger partial charge in [-0.1, -0.05) is 30.9 Å². The van der Waals surface area contributed by atoms with Crippen molar-refractivity contribution in [2.75, 3.05) is 36.5 Å². The van der Waals surface area contributed by atoms with Crippen molar-refractivity contribution >= 4 is 46.8 Å². The van der Waals surface area contributed by atoms with Crippen LogP contribution < -0.4 is 5.32 Å². The first-order valence-corrected chi connectivity index (χ1v) is 10.6. The van der Waals surface area contributed by atoms with E-state index in [1.54, 1.807) is 29.2 Å². The van der Waals surface area contributed by atoms with Crippen LogP contribution in [0.1, 0.15) is 32.1 Å².